The minimum absolute atomic E-state index is 0.0991. The summed E-state index contributed by atoms with van der Waals surface area (Å²) < 4.78 is 4.97. The molecule has 2 aromatic carbocycles. The van der Waals surface area contributed by atoms with Crippen molar-refractivity contribution in [2.45, 2.75) is 12.8 Å². The van der Waals surface area contributed by atoms with Crippen molar-refractivity contribution >= 4 is 40.8 Å². The van der Waals surface area contributed by atoms with Crippen LogP contribution >= 0.6 is 11.6 Å². The van der Waals surface area contributed by atoms with Crippen molar-refractivity contribution in [1.82, 2.24) is 4.90 Å². The van der Waals surface area contributed by atoms with Gasteiger partial charge in [-0.1, -0.05) is 29.8 Å². The Bertz CT molecular complexity index is 990. The fourth-order valence-corrected chi connectivity index (χ4v) is 3.46. The topological polar surface area (TPSA) is 119 Å². The van der Waals surface area contributed by atoms with Crippen LogP contribution in [0.1, 0.15) is 23.2 Å². The Hall–Kier alpha value is -3.46. The number of halogens is 1. The number of amides is 2. The predicted octanol–water partition coefficient (Wildman–Crippen LogP) is 3.28. The zero-order valence-corrected chi connectivity index (χ0v) is 17.2. The molecule has 162 valence electrons. The summed E-state index contributed by atoms with van der Waals surface area (Å²) in [5.41, 5.74) is -0.0540. The molecule has 9 nitrogen and oxygen atoms in total. The minimum atomic E-state index is -1.00. The summed E-state index contributed by atoms with van der Waals surface area (Å²) in [6, 6.07) is 12.6. The van der Waals surface area contributed by atoms with Gasteiger partial charge in [-0.2, -0.15) is 0 Å². The Morgan fingerprint density at radius 3 is 2.45 bits per heavy atom. The normalized spacial score (nSPS) is 14.0. The third-order valence-electron chi connectivity index (χ3n) is 4.96. The number of carbonyl (C=O) groups excluding carboxylic acids is 3. The Morgan fingerprint density at radius 2 is 1.81 bits per heavy atom. The van der Waals surface area contributed by atoms with E-state index in [1.807, 2.05) is 18.2 Å². The average Bonchev–Trinajstić information content (AvgIpc) is 2.77. The van der Waals surface area contributed by atoms with Gasteiger partial charge in [-0.05, 0) is 37.1 Å². The summed E-state index contributed by atoms with van der Waals surface area (Å²) >= 11 is 5.80. The number of hydrogen-bond donors (Lipinski definition) is 1. The molecule has 0 bridgehead atoms. The molecule has 0 spiro atoms. The van der Waals surface area contributed by atoms with Gasteiger partial charge >= 0.3 is 5.97 Å². The molecule has 0 aliphatic carbocycles. The van der Waals surface area contributed by atoms with E-state index in [4.69, 9.17) is 16.3 Å². The standard InChI is InChI=1S/C21H20ClN3O6/c22-15-6-7-18(25(29)30)17(12-15)21(28)31-13-19(26)24-10-8-14(9-11-24)20(27)23-16-4-2-1-3-5-16/h1-7,12,14H,8-11,13H2,(H,23,27). The predicted molar refractivity (Wildman–Crippen MR) is 113 cm³/mol. The summed E-state index contributed by atoms with van der Waals surface area (Å²) in [5.74, 6) is -1.75. The molecule has 10 heteroatoms. The third kappa shape index (κ3) is 5.79. The van der Waals surface area contributed by atoms with Gasteiger partial charge in [-0.15, -0.1) is 0 Å². The van der Waals surface area contributed by atoms with E-state index in [1.165, 1.54) is 11.0 Å². The Morgan fingerprint density at radius 1 is 1.13 bits per heavy atom. The van der Waals surface area contributed by atoms with Crippen LogP contribution in [0.5, 0.6) is 0 Å². The van der Waals surface area contributed by atoms with Crippen LogP contribution in [0.4, 0.5) is 11.4 Å². The quantitative estimate of drug-likeness (QED) is 0.414. The molecular weight excluding hydrogens is 426 g/mol. The molecule has 0 radical (unpaired) electrons. The highest BCUT2D eigenvalue weighted by molar-refractivity contribution is 6.31. The average molecular weight is 446 g/mol. The molecule has 31 heavy (non-hydrogen) atoms. The monoisotopic (exact) mass is 445 g/mol. The number of likely N-dealkylation sites (tertiary alicyclic amines) is 1. The van der Waals surface area contributed by atoms with Crippen LogP contribution in [0.3, 0.4) is 0 Å². The lowest BCUT2D eigenvalue weighted by molar-refractivity contribution is -0.385. The number of piperidine rings is 1. The van der Waals surface area contributed by atoms with Crippen LogP contribution < -0.4 is 5.32 Å². The van der Waals surface area contributed by atoms with Crippen molar-refractivity contribution in [2.24, 2.45) is 5.92 Å². The summed E-state index contributed by atoms with van der Waals surface area (Å²) in [6.45, 7) is 0.143. The van der Waals surface area contributed by atoms with Gasteiger partial charge < -0.3 is 15.0 Å². The highest BCUT2D eigenvalue weighted by atomic mass is 35.5. The van der Waals surface area contributed by atoms with E-state index >= 15 is 0 Å². The maximum absolute atomic E-state index is 12.4. The molecular formula is C21H20ClN3O6. The molecule has 0 aromatic heterocycles. The van der Waals surface area contributed by atoms with Crippen LogP contribution in [0.2, 0.25) is 5.02 Å². The molecule has 1 saturated heterocycles. The second-order valence-electron chi connectivity index (χ2n) is 7.01. The zero-order chi connectivity index (χ0) is 22.4. The highest BCUT2D eigenvalue weighted by Gasteiger charge is 2.28. The van der Waals surface area contributed by atoms with Crippen molar-refractivity contribution in [1.29, 1.82) is 0 Å². The molecule has 1 N–H and O–H groups in total. The Balaban J connectivity index is 1.49. The maximum Gasteiger partial charge on any atom is 0.345 e. The van der Waals surface area contributed by atoms with Gasteiger partial charge in [-0.25, -0.2) is 4.79 Å². The molecule has 3 rings (SSSR count). The first-order valence-electron chi connectivity index (χ1n) is 9.60. The fourth-order valence-electron chi connectivity index (χ4n) is 3.28. The second kappa shape index (κ2) is 10.0. The van der Waals surface area contributed by atoms with Crippen molar-refractivity contribution in [3.8, 4) is 0 Å². The van der Waals surface area contributed by atoms with Crippen LogP contribution in [0.25, 0.3) is 0 Å². The van der Waals surface area contributed by atoms with E-state index in [-0.39, 0.29) is 22.4 Å². The van der Waals surface area contributed by atoms with Crippen molar-refractivity contribution in [2.75, 3.05) is 25.0 Å². The number of esters is 1. The summed E-state index contributed by atoms with van der Waals surface area (Å²) in [4.78, 5) is 48.8. The van der Waals surface area contributed by atoms with E-state index in [0.29, 0.717) is 31.6 Å². The number of benzene rings is 2. The molecule has 0 saturated carbocycles. The van der Waals surface area contributed by atoms with Crippen molar-refractivity contribution in [3.63, 3.8) is 0 Å². The van der Waals surface area contributed by atoms with Crippen molar-refractivity contribution < 1.29 is 24.0 Å². The van der Waals surface area contributed by atoms with Gasteiger partial charge in [0.25, 0.3) is 11.6 Å². The number of hydrogen-bond acceptors (Lipinski definition) is 6. The Labute approximate surface area is 183 Å². The molecule has 0 atom stereocenters. The highest BCUT2D eigenvalue weighted by Crippen LogP contribution is 2.24. The number of carbonyl (C=O) groups is 3. The summed E-state index contributed by atoms with van der Waals surface area (Å²) in [6.07, 6.45) is 0.968. The summed E-state index contributed by atoms with van der Waals surface area (Å²) in [7, 11) is 0. The van der Waals surface area contributed by atoms with Gasteiger partial charge in [-0.3, -0.25) is 19.7 Å². The molecule has 1 aliphatic rings. The van der Waals surface area contributed by atoms with Crippen LogP contribution in [0.15, 0.2) is 48.5 Å². The first-order chi connectivity index (χ1) is 14.8. The molecule has 0 unspecified atom stereocenters. The molecule has 2 aromatic rings. The van der Waals surface area contributed by atoms with E-state index in [0.717, 1.165) is 12.1 Å². The van der Waals surface area contributed by atoms with Crippen LogP contribution in [0, 0.1) is 16.0 Å². The lowest BCUT2D eigenvalue weighted by atomic mass is 9.95. The van der Waals surface area contributed by atoms with Crippen LogP contribution in [-0.4, -0.2) is 47.3 Å². The van der Waals surface area contributed by atoms with Crippen LogP contribution in [-0.2, 0) is 14.3 Å². The summed E-state index contributed by atoms with van der Waals surface area (Å²) in [5, 5.41) is 14.1. The first-order valence-corrected chi connectivity index (χ1v) is 9.97. The number of nitro groups is 1. The largest absolute Gasteiger partial charge is 0.452 e. The SMILES string of the molecule is O=C(OCC(=O)N1CCC(C(=O)Nc2ccccc2)CC1)c1cc(Cl)ccc1[N+](=O)[O-]. The third-order valence-corrected chi connectivity index (χ3v) is 5.20. The minimum Gasteiger partial charge on any atom is -0.452 e. The number of anilines is 1. The zero-order valence-electron chi connectivity index (χ0n) is 16.5. The van der Waals surface area contributed by atoms with Gasteiger partial charge in [0.15, 0.2) is 6.61 Å². The number of nitrogens with zero attached hydrogens (tertiary/aromatic N) is 2. The first kappa shape index (κ1) is 22.2. The van der Waals surface area contributed by atoms with Gasteiger partial charge in [0, 0.05) is 35.8 Å². The number of para-hydroxylation sites is 1. The molecule has 2 amide bonds. The number of rotatable bonds is 6. The Kier molecular flexibility index (Phi) is 7.19. The van der Waals surface area contributed by atoms with Gasteiger partial charge in [0.1, 0.15) is 5.56 Å². The number of nitrogens with one attached hydrogen (secondary N) is 1. The van der Waals surface area contributed by atoms with Gasteiger partial charge in [0.05, 0.1) is 4.92 Å². The van der Waals surface area contributed by atoms with E-state index in [9.17, 15) is 24.5 Å². The molecule has 1 aliphatic heterocycles. The van der Waals surface area contributed by atoms with E-state index < -0.39 is 29.1 Å². The number of nitro benzene ring substituents is 1. The van der Waals surface area contributed by atoms with Crippen molar-refractivity contribution in [3.05, 3.63) is 69.2 Å². The molecule has 1 fully saturated rings. The van der Waals surface area contributed by atoms with Gasteiger partial charge in [0.2, 0.25) is 5.91 Å². The maximum atomic E-state index is 12.4. The number of ether oxygens (including phenoxy) is 1. The smallest absolute Gasteiger partial charge is 0.345 e. The second-order valence-corrected chi connectivity index (χ2v) is 7.44. The van der Waals surface area contributed by atoms with E-state index in [1.54, 1.807) is 12.1 Å². The molecule has 1 heterocycles. The lowest BCUT2D eigenvalue weighted by Gasteiger charge is -2.31. The van der Waals surface area contributed by atoms with E-state index in [2.05, 4.69) is 5.32 Å². The fraction of sp³-hybridized carbons (Fsp3) is 0.286. The lowest BCUT2D eigenvalue weighted by Crippen LogP contribution is -2.43.